The molecule has 0 spiro atoms. The molecular weight excluding hydrogens is 419 g/mol. The fourth-order valence-corrected chi connectivity index (χ4v) is 3.67. The summed E-state index contributed by atoms with van der Waals surface area (Å²) >= 11 is 12.1. The van der Waals surface area contributed by atoms with Crippen molar-refractivity contribution in [1.29, 1.82) is 0 Å². The average molecular weight is 443 g/mol. The molecule has 0 unspecified atom stereocenters. The van der Waals surface area contributed by atoms with Gasteiger partial charge in [0.25, 0.3) is 0 Å². The summed E-state index contributed by atoms with van der Waals surface area (Å²) in [6, 6.07) is 7.50. The number of hydrogen-bond donors (Lipinski definition) is 0. The second-order valence-corrected chi connectivity index (χ2v) is 6.73. The molecule has 2 aromatic carbocycles. The monoisotopic (exact) mass is 442 g/mol. The maximum Gasteiger partial charge on any atom is 0.144 e. The van der Waals surface area contributed by atoms with Crippen LogP contribution in [0.25, 0.3) is 0 Å². The fraction of sp³-hybridized carbons (Fsp3) is 0.400. The lowest BCUT2D eigenvalue weighted by Crippen LogP contribution is -2.37. The largest absolute Gasteiger partial charge is 0.496 e. The van der Waals surface area contributed by atoms with E-state index >= 15 is 0 Å². The Labute approximate surface area is 180 Å². The third-order valence-corrected chi connectivity index (χ3v) is 5.30. The molecule has 0 radical (unpaired) electrons. The number of anilines is 2. The van der Waals surface area contributed by atoms with Crippen LogP contribution in [0.1, 0.15) is 11.1 Å². The molecule has 9 heteroatoms. The van der Waals surface area contributed by atoms with Crippen LogP contribution in [0, 0.1) is 0 Å². The summed E-state index contributed by atoms with van der Waals surface area (Å²) in [5, 5.41) is 3.88. The van der Waals surface area contributed by atoms with Crippen LogP contribution in [-0.2, 0) is 16.5 Å². The van der Waals surface area contributed by atoms with E-state index in [9.17, 15) is 0 Å². The molecular formula is C20H24Cl2N2O5. The SMILES string of the molecule is COc1cc(N2COCN2c2cc(OC)c(CCl)cc2OC)c(OC)cc1CCl. The molecule has 0 amide bonds. The van der Waals surface area contributed by atoms with Gasteiger partial charge in [-0.1, -0.05) is 0 Å². The van der Waals surface area contributed by atoms with Crippen LogP contribution in [0.15, 0.2) is 24.3 Å². The first-order chi connectivity index (χ1) is 14.1. The quantitative estimate of drug-likeness (QED) is 0.562. The van der Waals surface area contributed by atoms with E-state index in [-0.39, 0.29) is 0 Å². The predicted molar refractivity (Wildman–Crippen MR) is 114 cm³/mol. The van der Waals surface area contributed by atoms with E-state index in [0.717, 1.165) is 22.5 Å². The Bertz CT molecular complexity index is 796. The number of halogens is 2. The minimum atomic E-state index is 0.310. The van der Waals surface area contributed by atoms with Crippen molar-refractivity contribution in [3.63, 3.8) is 0 Å². The molecule has 1 heterocycles. The maximum atomic E-state index is 6.05. The van der Waals surface area contributed by atoms with Gasteiger partial charge in [-0.2, -0.15) is 0 Å². The third kappa shape index (κ3) is 4.08. The first-order valence-electron chi connectivity index (χ1n) is 8.86. The van der Waals surface area contributed by atoms with Crippen LogP contribution in [0.4, 0.5) is 11.4 Å². The highest BCUT2D eigenvalue weighted by Gasteiger charge is 2.30. The molecule has 2 aromatic rings. The van der Waals surface area contributed by atoms with Crippen molar-refractivity contribution in [3.05, 3.63) is 35.4 Å². The Kier molecular flexibility index (Phi) is 7.05. The third-order valence-electron chi connectivity index (χ3n) is 4.73. The molecule has 1 fully saturated rings. The average Bonchev–Trinajstić information content (AvgIpc) is 3.26. The van der Waals surface area contributed by atoms with Crippen molar-refractivity contribution in [2.24, 2.45) is 0 Å². The Morgan fingerprint density at radius 2 is 1.07 bits per heavy atom. The first-order valence-corrected chi connectivity index (χ1v) is 9.93. The molecule has 3 rings (SSSR count). The van der Waals surface area contributed by atoms with Crippen molar-refractivity contribution >= 4 is 34.6 Å². The van der Waals surface area contributed by atoms with Crippen LogP contribution in [0.3, 0.4) is 0 Å². The van der Waals surface area contributed by atoms with Crippen molar-refractivity contribution < 1.29 is 23.7 Å². The molecule has 1 aliphatic heterocycles. The molecule has 7 nitrogen and oxygen atoms in total. The minimum absolute atomic E-state index is 0.310. The highest BCUT2D eigenvalue weighted by molar-refractivity contribution is 6.17. The van der Waals surface area contributed by atoms with Gasteiger partial charge < -0.3 is 23.7 Å². The first kappa shape index (κ1) is 21.5. The Morgan fingerprint density at radius 1 is 0.690 bits per heavy atom. The molecule has 158 valence electrons. The predicted octanol–water partition coefficient (Wildman–Crippen LogP) is 4.37. The van der Waals surface area contributed by atoms with Crippen molar-refractivity contribution in [1.82, 2.24) is 0 Å². The molecule has 1 saturated heterocycles. The highest BCUT2D eigenvalue weighted by atomic mass is 35.5. The second kappa shape index (κ2) is 9.52. The molecule has 0 aliphatic carbocycles. The molecule has 1 aliphatic rings. The molecule has 29 heavy (non-hydrogen) atoms. The second-order valence-electron chi connectivity index (χ2n) is 6.20. The topological polar surface area (TPSA) is 52.6 Å². The minimum Gasteiger partial charge on any atom is -0.496 e. The van der Waals surface area contributed by atoms with Gasteiger partial charge in [-0.05, 0) is 12.1 Å². The fourth-order valence-electron chi connectivity index (χ4n) is 3.25. The van der Waals surface area contributed by atoms with E-state index in [0.29, 0.717) is 48.2 Å². The smallest absolute Gasteiger partial charge is 0.144 e. The summed E-state index contributed by atoms with van der Waals surface area (Å²) in [5.41, 5.74) is 3.23. The molecule has 0 bridgehead atoms. The lowest BCUT2D eigenvalue weighted by Gasteiger charge is -2.32. The Hall–Kier alpha value is -2.22. The highest BCUT2D eigenvalue weighted by Crippen LogP contribution is 2.42. The number of hydrogen-bond acceptors (Lipinski definition) is 7. The number of hydrazine groups is 1. The summed E-state index contributed by atoms with van der Waals surface area (Å²) in [4.78, 5) is 0. The molecule has 0 aromatic heterocycles. The van der Waals surface area contributed by atoms with Gasteiger partial charge in [-0.3, -0.25) is 10.0 Å². The Morgan fingerprint density at radius 3 is 1.38 bits per heavy atom. The summed E-state index contributed by atoms with van der Waals surface area (Å²) in [7, 11) is 6.45. The zero-order chi connectivity index (χ0) is 21.0. The van der Waals surface area contributed by atoms with Gasteiger partial charge in [0.15, 0.2) is 0 Å². The van der Waals surface area contributed by atoms with Gasteiger partial charge in [0.2, 0.25) is 0 Å². The van der Waals surface area contributed by atoms with Crippen molar-refractivity contribution in [3.8, 4) is 23.0 Å². The summed E-state index contributed by atoms with van der Waals surface area (Å²) < 4.78 is 28.0. The number of alkyl halides is 2. The van der Waals surface area contributed by atoms with Crippen LogP contribution >= 0.6 is 23.2 Å². The van der Waals surface area contributed by atoms with Gasteiger partial charge in [-0.25, -0.2) is 0 Å². The van der Waals surface area contributed by atoms with Gasteiger partial charge in [0.05, 0.1) is 40.2 Å². The number of nitrogens with zero attached hydrogens (tertiary/aromatic N) is 2. The zero-order valence-electron chi connectivity index (χ0n) is 16.8. The van der Waals surface area contributed by atoms with Gasteiger partial charge in [0.1, 0.15) is 47.8 Å². The van der Waals surface area contributed by atoms with Gasteiger partial charge in [0, 0.05) is 23.3 Å². The zero-order valence-corrected chi connectivity index (χ0v) is 18.3. The van der Waals surface area contributed by atoms with Gasteiger partial charge in [-0.15, -0.1) is 23.2 Å². The van der Waals surface area contributed by atoms with Crippen LogP contribution in [-0.4, -0.2) is 41.9 Å². The maximum absolute atomic E-state index is 6.05. The van der Waals surface area contributed by atoms with E-state index in [4.69, 9.17) is 46.9 Å². The van der Waals surface area contributed by atoms with E-state index in [1.54, 1.807) is 28.4 Å². The number of rotatable bonds is 8. The summed E-state index contributed by atoms with van der Waals surface area (Å²) in [6.07, 6.45) is 0. The molecule has 0 atom stereocenters. The van der Waals surface area contributed by atoms with Crippen LogP contribution in [0.5, 0.6) is 23.0 Å². The summed E-state index contributed by atoms with van der Waals surface area (Å²) in [5.74, 6) is 3.27. The van der Waals surface area contributed by atoms with Crippen LogP contribution in [0.2, 0.25) is 0 Å². The number of benzene rings is 2. The lowest BCUT2D eigenvalue weighted by atomic mass is 10.1. The van der Waals surface area contributed by atoms with Crippen molar-refractivity contribution in [2.45, 2.75) is 11.8 Å². The number of ether oxygens (including phenoxy) is 5. The van der Waals surface area contributed by atoms with E-state index in [2.05, 4.69) is 0 Å². The number of methoxy groups -OCH3 is 4. The van der Waals surface area contributed by atoms with E-state index in [1.165, 1.54) is 0 Å². The van der Waals surface area contributed by atoms with Gasteiger partial charge >= 0.3 is 0 Å². The van der Waals surface area contributed by atoms with E-state index < -0.39 is 0 Å². The summed E-state index contributed by atoms with van der Waals surface area (Å²) in [6.45, 7) is 0.644. The lowest BCUT2D eigenvalue weighted by molar-refractivity contribution is 0.198. The Balaban J connectivity index is 2.10. The van der Waals surface area contributed by atoms with E-state index in [1.807, 2.05) is 34.3 Å². The normalized spacial score (nSPS) is 13.6. The molecule has 0 saturated carbocycles. The molecule has 0 N–H and O–H groups in total. The van der Waals surface area contributed by atoms with Crippen LogP contribution < -0.4 is 29.0 Å². The van der Waals surface area contributed by atoms with Crippen molar-refractivity contribution in [2.75, 3.05) is 51.9 Å². The standard InChI is InChI=1S/C20H24Cl2N2O5/c1-25-17-7-15(19(27-3)5-13(17)9-21)23-11-29-12-24(23)16-8-18(26-2)14(10-22)6-20(16)28-4/h5-8H,9-12H2,1-4H3.